The maximum absolute atomic E-state index is 2.73. The molecule has 2 saturated heterocycles. The molecule has 0 aromatic heterocycles. The van der Waals surface area contributed by atoms with Gasteiger partial charge in [-0.05, 0) is 97.3 Å². The summed E-state index contributed by atoms with van der Waals surface area (Å²) < 4.78 is 0. The fourth-order valence-corrected chi connectivity index (χ4v) is 4.44. The Bertz CT molecular complexity index is 296. The monoisotopic (exact) mass is 264 g/mol. The Morgan fingerprint density at radius 3 is 1.84 bits per heavy atom. The van der Waals surface area contributed by atoms with Crippen molar-refractivity contribution in [1.82, 2.24) is 9.80 Å². The predicted octanol–water partition coefficient (Wildman–Crippen LogP) is 3.52. The van der Waals surface area contributed by atoms with E-state index < -0.39 is 0 Å². The minimum absolute atomic E-state index is 0.371. The Labute approximate surface area is 119 Å². The van der Waals surface area contributed by atoms with Gasteiger partial charge in [-0.15, -0.1) is 0 Å². The van der Waals surface area contributed by atoms with Crippen molar-refractivity contribution in [2.24, 2.45) is 5.41 Å². The third-order valence-corrected chi connectivity index (χ3v) is 6.20. The number of likely N-dealkylation sites (tertiary alicyclic amines) is 2. The zero-order chi connectivity index (χ0) is 13.5. The van der Waals surface area contributed by atoms with E-state index in [-0.39, 0.29) is 0 Å². The van der Waals surface area contributed by atoms with Crippen molar-refractivity contribution in [2.75, 3.05) is 26.2 Å². The van der Waals surface area contributed by atoms with Crippen LogP contribution in [0.2, 0.25) is 0 Å². The zero-order valence-corrected chi connectivity index (χ0v) is 13.2. The number of nitrogens with zero attached hydrogens (tertiary/aromatic N) is 2. The fraction of sp³-hybridized carbons (Fsp3) is 1.00. The van der Waals surface area contributed by atoms with Crippen molar-refractivity contribution in [3.63, 3.8) is 0 Å². The first-order chi connectivity index (χ1) is 8.99. The molecule has 0 N–H and O–H groups in total. The summed E-state index contributed by atoms with van der Waals surface area (Å²) in [5.74, 6) is 0. The highest BCUT2D eigenvalue weighted by Crippen LogP contribution is 2.46. The Kier molecular flexibility index (Phi) is 3.68. The first-order valence-corrected chi connectivity index (χ1v) is 8.48. The molecule has 19 heavy (non-hydrogen) atoms. The van der Waals surface area contributed by atoms with Crippen molar-refractivity contribution >= 4 is 0 Å². The molecule has 0 aromatic carbocycles. The van der Waals surface area contributed by atoms with Crippen LogP contribution in [0.5, 0.6) is 0 Å². The highest BCUT2D eigenvalue weighted by molar-refractivity contribution is 4.95. The summed E-state index contributed by atoms with van der Waals surface area (Å²) in [6, 6.07) is 0.944. The number of hydrogen-bond donors (Lipinski definition) is 0. The second-order valence-corrected chi connectivity index (χ2v) is 8.28. The second-order valence-electron chi connectivity index (χ2n) is 8.28. The van der Waals surface area contributed by atoms with Gasteiger partial charge in [-0.2, -0.15) is 0 Å². The van der Waals surface area contributed by atoms with E-state index >= 15 is 0 Å². The smallest absolute Gasteiger partial charge is 0.0125 e. The molecule has 0 radical (unpaired) electrons. The number of piperidine rings is 1. The molecule has 2 nitrogen and oxygen atoms in total. The number of rotatable bonds is 1. The molecule has 1 saturated carbocycles. The van der Waals surface area contributed by atoms with Crippen molar-refractivity contribution in [2.45, 2.75) is 77.3 Å². The van der Waals surface area contributed by atoms with Crippen LogP contribution < -0.4 is 0 Å². The van der Waals surface area contributed by atoms with Crippen LogP contribution in [-0.4, -0.2) is 47.6 Å². The molecule has 3 aliphatic rings. The lowest BCUT2D eigenvalue weighted by molar-refractivity contribution is -0.00664. The van der Waals surface area contributed by atoms with E-state index in [0.717, 1.165) is 11.5 Å². The normalized spacial score (nSPS) is 30.5. The summed E-state index contributed by atoms with van der Waals surface area (Å²) in [6.45, 7) is 12.5. The topological polar surface area (TPSA) is 6.48 Å². The van der Waals surface area contributed by atoms with E-state index in [1.54, 1.807) is 0 Å². The maximum atomic E-state index is 2.73. The molecule has 1 spiro atoms. The summed E-state index contributed by atoms with van der Waals surface area (Å²) in [7, 11) is 0. The van der Waals surface area contributed by atoms with Crippen LogP contribution >= 0.6 is 0 Å². The van der Waals surface area contributed by atoms with E-state index in [4.69, 9.17) is 0 Å². The first kappa shape index (κ1) is 13.9. The Balaban J connectivity index is 1.51. The number of hydrogen-bond acceptors (Lipinski definition) is 2. The fourth-order valence-electron chi connectivity index (χ4n) is 4.44. The van der Waals surface area contributed by atoms with Gasteiger partial charge in [0.2, 0.25) is 0 Å². The van der Waals surface area contributed by atoms with Gasteiger partial charge in [-0.1, -0.05) is 0 Å². The first-order valence-electron chi connectivity index (χ1n) is 8.48. The molecular weight excluding hydrogens is 232 g/mol. The van der Waals surface area contributed by atoms with Crippen LogP contribution in [-0.2, 0) is 0 Å². The highest BCUT2D eigenvalue weighted by Gasteiger charge is 2.41. The van der Waals surface area contributed by atoms with Gasteiger partial charge in [0.1, 0.15) is 0 Å². The molecule has 1 aliphatic carbocycles. The molecule has 0 atom stereocenters. The van der Waals surface area contributed by atoms with Crippen molar-refractivity contribution < 1.29 is 0 Å². The third-order valence-electron chi connectivity index (χ3n) is 6.20. The van der Waals surface area contributed by atoms with Gasteiger partial charge in [0.15, 0.2) is 0 Å². The molecule has 3 rings (SSSR count). The molecule has 0 unspecified atom stereocenters. The molecule has 2 aliphatic heterocycles. The van der Waals surface area contributed by atoms with Crippen LogP contribution in [0.1, 0.15) is 65.7 Å². The van der Waals surface area contributed by atoms with Crippen molar-refractivity contribution in [3.8, 4) is 0 Å². The lowest BCUT2D eigenvalue weighted by Gasteiger charge is -2.51. The van der Waals surface area contributed by atoms with E-state index in [0.29, 0.717) is 5.54 Å². The Morgan fingerprint density at radius 2 is 1.42 bits per heavy atom. The van der Waals surface area contributed by atoms with Gasteiger partial charge < -0.3 is 4.90 Å². The average molecular weight is 264 g/mol. The molecule has 0 aromatic rings. The van der Waals surface area contributed by atoms with Gasteiger partial charge in [0.25, 0.3) is 0 Å². The molecule has 2 heterocycles. The minimum Gasteiger partial charge on any atom is -0.300 e. The Hall–Kier alpha value is -0.0800. The van der Waals surface area contributed by atoms with Gasteiger partial charge in [0, 0.05) is 11.6 Å². The Morgan fingerprint density at radius 1 is 0.842 bits per heavy atom. The molecule has 2 heteroatoms. The van der Waals surface area contributed by atoms with Gasteiger partial charge in [-0.25, -0.2) is 0 Å². The van der Waals surface area contributed by atoms with Crippen LogP contribution in [0.4, 0.5) is 0 Å². The minimum atomic E-state index is 0.371. The summed E-state index contributed by atoms with van der Waals surface area (Å²) in [6.07, 6.45) is 10.3. The van der Waals surface area contributed by atoms with E-state index in [1.165, 1.54) is 71.1 Å². The molecule has 3 fully saturated rings. The molecule has 110 valence electrons. The van der Waals surface area contributed by atoms with Crippen LogP contribution in [0, 0.1) is 5.41 Å². The van der Waals surface area contributed by atoms with Crippen LogP contribution in [0.3, 0.4) is 0 Å². The summed E-state index contributed by atoms with van der Waals surface area (Å²) in [5.41, 5.74) is 1.10. The molecular formula is C17H32N2. The van der Waals surface area contributed by atoms with Gasteiger partial charge >= 0.3 is 0 Å². The van der Waals surface area contributed by atoms with Crippen LogP contribution in [0.25, 0.3) is 0 Å². The SMILES string of the molecule is CC(C)(C)N1CCC2(CCC(N3CCC3)CC2)CC1. The van der Waals surface area contributed by atoms with E-state index in [1.807, 2.05) is 0 Å². The third kappa shape index (κ3) is 2.85. The zero-order valence-electron chi connectivity index (χ0n) is 13.2. The van der Waals surface area contributed by atoms with Crippen molar-refractivity contribution in [1.29, 1.82) is 0 Å². The summed E-state index contributed by atoms with van der Waals surface area (Å²) in [5, 5.41) is 0. The van der Waals surface area contributed by atoms with E-state index in [9.17, 15) is 0 Å². The second kappa shape index (κ2) is 5.04. The van der Waals surface area contributed by atoms with Gasteiger partial charge in [-0.3, -0.25) is 4.90 Å². The largest absolute Gasteiger partial charge is 0.300 e. The molecule has 0 bridgehead atoms. The lowest BCUT2D eigenvalue weighted by Crippen LogP contribution is -2.52. The van der Waals surface area contributed by atoms with Crippen LogP contribution in [0.15, 0.2) is 0 Å². The summed E-state index contributed by atoms with van der Waals surface area (Å²) in [4.78, 5) is 5.43. The van der Waals surface area contributed by atoms with E-state index in [2.05, 4.69) is 30.6 Å². The van der Waals surface area contributed by atoms with Gasteiger partial charge in [0.05, 0.1) is 0 Å². The highest BCUT2D eigenvalue weighted by atomic mass is 15.2. The maximum Gasteiger partial charge on any atom is 0.0125 e. The lowest BCUT2D eigenvalue weighted by atomic mass is 9.66. The molecule has 0 amide bonds. The standard InChI is InChI=1S/C17H32N2/c1-16(2,3)19-13-9-17(10-14-19)7-5-15(6-8-17)18-11-4-12-18/h15H,4-14H2,1-3H3. The average Bonchev–Trinajstić information content (AvgIpc) is 2.30. The quantitative estimate of drug-likeness (QED) is 0.715. The van der Waals surface area contributed by atoms with Crippen molar-refractivity contribution in [3.05, 3.63) is 0 Å². The predicted molar refractivity (Wildman–Crippen MR) is 81.4 cm³/mol. The summed E-state index contributed by atoms with van der Waals surface area (Å²) >= 11 is 0.